The molecule has 79 heavy (non-hydrogen) atoms. The van der Waals surface area contributed by atoms with Gasteiger partial charge in [-0.2, -0.15) is 0 Å². The van der Waals surface area contributed by atoms with E-state index < -0.39 is 6.10 Å². The molecule has 0 fully saturated rings. The van der Waals surface area contributed by atoms with E-state index in [-0.39, 0.29) is 37.5 Å². The number of ether oxygens (including phenoxy) is 3. The van der Waals surface area contributed by atoms with Gasteiger partial charge < -0.3 is 14.2 Å². The van der Waals surface area contributed by atoms with E-state index in [0.717, 1.165) is 83.5 Å². The van der Waals surface area contributed by atoms with E-state index in [1.54, 1.807) is 0 Å². The van der Waals surface area contributed by atoms with Crippen LogP contribution in [-0.2, 0) is 28.6 Å². The highest BCUT2D eigenvalue weighted by Gasteiger charge is 2.19. The van der Waals surface area contributed by atoms with E-state index in [1.807, 2.05) is 0 Å². The summed E-state index contributed by atoms with van der Waals surface area (Å²) in [6.45, 7) is 6.50. The molecular weight excluding hydrogens is 973 g/mol. The molecule has 0 N–H and O–H groups in total. The van der Waals surface area contributed by atoms with Crippen LogP contribution in [0.3, 0.4) is 0 Å². The topological polar surface area (TPSA) is 78.9 Å². The fourth-order valence-corrected chi connectivity index (χ4v) is 9.51. The smallest absolute Gasteiger partial charge is 0.306 e. The average Bonchev–Trinajstić information content (AvgIpc) is 3.45. The fraction of sp³-hybridized carbons (Fsp3) is 0.740. The lowest BCUT2D eigenvalue weighted by Gasteiger charge is -2.18. The first-order valence-corrected chi connectivity index (χ1v) is 33.7. The summed E-state index contributed by atoms with van der Waals surface area (Å²) in [6, 6.07) is 0. The maximum atomic E-state index is 12.9. The number of carbonyl (C=O) groups excluding carboxylic acids is 3. The van der Waals surface area contributed by atoms with E-state index in [2.05, 4.69) is 118 Å². The average molecular weight is 1100 g/mol. The SMILES string of the molecule is CC/C=C\C/C=C\C/C=C\C/C=C\C/C=C\CCCC(=O)OCC(COC(=O)CCCCCCCCCCCCC/C=C\C/C=C\CCCCCCC)OC(=O)CCCCCCCCCCC/C=C\CCCCCCCCCC. The fourth-order valence-electron chi connectivity index (χ4n) is 9.51. The summed E-state index contributed by atoms with van der Waals surface area (Å²) in [5.74, 6) is -0.948. The minimum atomic E-state index is -0.805. The number of hydrogen-bond donors (Lipinski definition) is 0. The van der Waals surface area contributed by atoms with Crippen LogP contribution in [0, 0.1) is 0 Å². The summed E-state index contributed by atoms with van der Waals surface area (Å²) in [4.78, 5) is 38.4. The van der Waals surface area contributed by atoms with E-state index in [1.165, 1.54) is 199 Å². The van der Waals surface area contributed by atoms with Crippen molar-refractivity contribution in [1.82, 2.24) is 0 Å². The monoisotopic (exact) mass is 1100 g/mol. The van der Waals surface area contributed by atoms with Gasteiger partial charge in [0.15, 0.2) is 6.10 Å². The Kier molecular flexibility index (Phi) is 63.7. The molecule has 0 spiro atoms. The summed E-state index contributed by atoms with van der Waals surface area (Å²) in [5, 5.41) is 0. The summed E-state index contributed by atoms with van der Waals surface area (Å²) in [5.41, 5.74) is 0. The predicted molar refractivity (Wildman–Crippen MR) is 344 cm³/mol. The zero-order valence-electron chi connectivity index (χ0n) is 52.1. The van der Waals surface area contributed by atoms with Crippen LogP contribution in [0.2, 0.25) is 0 Å². The largest absolute Gasteiger partial charge is 0.462 e. The van der Waals surface area contributed by atoms with Gasteiger partial charge in [0, 0.05) is 19.3 Å². The highest BCUT2D eigenvalue weighted by atomic mass is 16.6. The van der Waals surface area contributed by atoms with Crippen LogP contribution in [0.4, 0.5) is 0 Å². The predicted octanol–water partition coefficient (Wildman–Crippen LogP) is 23.2. The molecule has 0 aliphatic carbocycles. The highest BCUT2D eigenvalue weighted by Crippen LogP contribution is 2.16. The molecular formula is C73H126O6. The summed E-state index contributed by atoms with van der Waals surface area (Å²) < 4.78 is 16.9. The third kappa shape index (κ3) is 65.0. The van der Waals surface area contributed by atoms with Crippen LogP contribution in [0.15, 0.2) is 97.2 Å². The number of hydrogen-bond acceptors (Lipinski definition) is 6. The summed E-state index contributed by atoms with van der Waals surface area (Å²) >= 11 is 0. The maximum absolute atomic E-state index is 12.9. The Morgan fingerprint density at radius 1 is 0.266 bits per heavy atom. The van der Waals surface area contributed by atoms with Gasteiger partial charge in [-0.1, -0.05) is 291 Å². The Hall–Kier alpha value is -3.67. The molecule has 454 valence electrons. The van der Waals surface area contributed by atoms with Crippen LogP contribution in [0.25, 0.3) is 0 Å². The third-order valence-electron chi connectivity index (χ3n) is 14.5. The molecule has 0 radical (unpaired) electrons. The quantitative estimate of drug-likeness (QED) is 0.0261. The van der Waals surface area contributed by atoms with Crippen molar-refractivity contribution in [2.75, 3.05) is 13.2 Å². The van der Waals surface area contributed by atoms with Crippen molar-refractivity contribution in [3.05, 3.63) is 97.2 Å². The minimum absolute atomic E-state index is 0.0961. The highest BCUT2D eigenvalue weighted by molar-refractivity contribution is 5.71. The number of rotatable bonds is 61. The third-order valence-corrected chi connectivity index (χ3v) is 14.5. The minimum Gasteiger partial charge on any atom is -0.462 e. The zero-order chi connectivity index (χ0) is 57.1. The molecule has 1 unspecified atom stereocenters. The van der Waals surface area contributed by atoms with E-state index in [9.17, 15) is 14.4 Å². The first-order valence-electron chi connectivity index (χ1n) is 33.7. The van der Waals surface area contributed by atoms with Crippen LogP contribution < -0.4 is 0 Å². The van der Waals surface area contributed by atoms with Crippen molar-refractivity contribution in [3.8, 4) is 0 Å². The van der Waals surface area contributed by atoms with E-state index in [0.29, 0.717) is 19.3 Å². The molecule has 6 heteroatoms. The summed E-state index contributed by atoms with van der Waals surface area (Å²) in [7, 11) is 0. The van der Waals surface area contributed by atoms with E-state index in [4.69, 9.17) is 14.2 Å². The maximum Gasteiger partial charge on any atom is 0.306 e. The van der Waals surface area contributed by atoms with Crippen molar-refractivity contribution in [2.45, 2.75) is 335 Å². The Bertz CT molecular complexity index is 1540. The van der Waals surface area contributed by atoms with Crippen LogP contribution in [0.1, 0.15) is 329 Å². The normalized spacial score (nSPS) is 12.7. The van der Waals surface area contributed by atoms with Gasteiger partial charge in [-0.25, -0.2) is 0 Å². The van der Waals surface area contributed by atoms with Crippen molar-refractivity contribution < 1.29 is 28.6 Å². The molecule has 0 saturated heterocycles. The van der Waals surface area contributed by atoms with Gasteiger partial charge in [0.05, 0.1) is 0 Å². The lowest BCUT2D eigenvalue weighted by Crippen LogP contribution is -2.30. The van der Waals surface area contributed by atoms with Gasteiger partial charge >= 0.3 is 17.9 Å². The number of allylic oxidation sites excluding steroid dienone is 16. The van der Waals surface area contributed by atoms with Gasteiger partial charge in [-0.05, 0) is 116 Å². The molecule has 0 bridgehead atoms. The Labute approximate surface area is 489 Å². The van der Waals surface area contributed by atoms with Crippen LogP contribution in [-0.4, -0.2) is 37.2 Å². The standard InChI is InChI=1S/C73H126O6/c1-4-7-10-13-16-19-22-25-28-31-33-35-36-38-39-42-45-48-51-54-57-60-63-66-72(75)78-69-70(68-77-71(74)65-62-59-56-53-50-47-44-41-30-27-24-21-18-15-12-9-6-3)79-73(76)67-64-61-58-55-52-49-46-43-40-37-34-32-29-26-23-20-17-14-11-8-5-2/h9,12,18,21-22,25,27,30-34,44,47,53,56,70H,4-8,10-11,13-17,19-20,23-24,26,28-29,35-43,45-46,48-52,54-55,57-69H2,1-3H3/b12-9-,21-18-,25-22-,30-27-,33-31-,34-32-,47-44-,56-53-. The molecule has 1 atom stereocenters. The van der Waals surface area contributed by atoms with Crippen molar-refractivity contribution in [3.63, 3.8) is 0 Å². The lowest BCUT2D eigenvalue weighted by molar-refractivity contribution is -0.167. The zero-order valence-corrected chi connectivity index (χ0v) is 52.1. The van der Waals surface area contributed by atoms with Gasteiger partial charge in [0.2, 0.25) is 0 Å². The van der Waals surface area contributed by atoms with Gasteiger partial charge in [0.25, 0.3) is 0 Å². The number of carbonyl (C=O) groups is 3. The molecule has 0 aliphatic rings. The van der Waals surface area contributed by atoms with Crippen molar-refractivity contribution >= 4 is 17.9 Å². The number of unbranched alkanes of at least 4 members (excludes halogenated alkanes) is 34. The molecule has 0 aromatic carbocycles. The number of esters is 3. The molecule has 0 heterocycles. The molecule has 0 aromatic heterocycles. The van der Waals surface area contributed by atoms with Crippen LogP contribution in [0.5, 0.6) is 0 Å². The second kappa shape index (κ2) is 66.8. The molecule has 0 rings (SSSR count). The van der Waals surface area contributed by atoms with Crippen molar-refractivity contribution in [2.24, 2.45) is 0 Å². The Balaban J connectivity index is 4.42. The second-order valence-electron chi connectivity index (χ2n) is 22.3. The summed E-state index contributed by atoms with van der Waals surface area (Å²) in [6.07, 6.45) is 90.0. The Morgan fingerprint density at radius 2 is 0.506 bits per heavy atom. The van der Waals surface area contributed by atoms with E-state index >= 15 is 0 Å². The van der Waals surface area contributed by atoms with Crippen molar-refractivity contribution in [1.29, 1.82) is 0 Å². The molecule has 0 aliphatic heterocycles. The first kappa shape index (κ1) is 75.3. The Morgan fingerprint density at radius 3 is 0.835 bits per heavy atom. The molecule has 6 nitrogen and oxygen atoms in total. The van der Waals surface area contributed by atoms with Gasteiger partial charge in [-0.3, -0.25) is 14.4 Å². The second-order valence-corrected chi connectivity index (χ2v) is 22.3. The first-order chi connectivity index (χ1) is 39.0. The van der Waals surface area contributed by atoms with Gasteiger partial charge in [-0.15, -0.1) is 0 Å². The van der Waals surface area contributed by atoms with Crippen LogP contribution >= 0.6 is 0 Å². The molecule has 0 aromatic rings. The lowest BCUT2D eigenvalue weighted by atomic mass is 10.0. The van der Waals surface area contributed by atoms with Gasteiger partial charge in [0.1, 0.15) is 13.2 Å². The molecule has 0 amide bonds. The molecule has 0 saturated carbocycles.